The monoisotopic (exact) mass is 232 g/mol. The fourth-order valence-corrected chi connectivity index (χ4v) is 2.29. The van der Waals surface area contributed by atoms with Crippen molar-refractivity contribution in [1.82, 2.24) is 19.5 Å². The molecule has 0 fully saturated rings. The van der Waals surface area contributed by atoms with Gasteiger partial charge in [0.05, 0.1) is 5.75 Å². The molecule has 0 aliphatic rings. The Morgan fingerprint density at radius 2 is 2.27 bits per heavy atom. The number of nitrogens with zero attached hydrogens (tertiary/aromatic N) is 3. The largest absolute Gasteiger partial charge is 0.321 e. The molecule has 0 aliphatic heterocycles. The van der Waals surface area contributed by atoms with Crippen LogP contribution in [0, 0.1) is 0 Å². The lowest BCUT2D eigenvalue weighted by molar-refractivity contribution is 0.578. The summed E-state index contributed by atoms with van der Waals surface area (Å²) in [5.41, 5.74) is 0. The van der Waals surface area contributed by atoms with E-state index in [-0.39, 0.29) is 5.75 Å². The highest BCUT2D eigenvalue weighted by Gasteiger charge is 2.08. The van der Waals surface area contributed by atoms with Gasteiger partial charge in [0.15, 0.2) is 0 Å². The Labute approximate surface area is 89.8 Å². The molecule has 1 heterocycles. The first-order chi connectivity index (χ1) is 7.05. The summed E-state index contributed by atoms with van der Waals surface area (Å²) in [7, 11) is -1.28. The minimum Gasteiger partial charge on any atom is -0.321 e. The molecule has 1 aromatic rings. The van der Waals surface area contributed by atoms with E-state index in [0.717, 1.165) is 5.82 Å². The first-order valence-electron chi connectivity index (χ1n) is 4.85. The van der Waals surface area contributed by atoms with Crippen molar-refractivity contribution < 1.29 is 8.42 Å². The molecule has 0 atom stereocenters. The molecule has 1 rings (SSSR count). The van der Waals surface area contributed by atoms with Gasteiger partial charge >= 0.3 is 0 Å². The van der Waals surface area contributed by atoms with Gasteiger partial charge < -0.3 is 4.57 Å². The molecule has 0 unspecified atom stereocenters. The smallest absolute Gasteiger partial charge is 0.211 e. The SMILES string of the molecule is CCCS(=O)(=O)NCCc1nncn1C. The highest BCUT2D eigenvalue weighted by atomic mass is 32.2. The first kappa shape index (κ1) is 12.1. The topological polar surface area (TPSA) is 76.9 Å². The lowest BCUT2D eigenvalue weighted by Gasteiger charge is -2.04. The molecule has 0 aliphatic carbocycles. The maximum atomic E-state index is 11.3. The molecule has 0 radical (unpaired) electrons. The van der Waals surface area contributed by atoms with E-state index in [1.807, 2.05) is 14.0 Å². The van der Waals surface area contributed by atoms with Crippen LogP contribution in [-0.4, -0.2) is 35.5 Å². The fourth-order valence-electron chi connectivity index (χ4n) is 1.19. The third kappa shape index (κ3) is 3.96. The van der Waals surface area contributed by atoms with Crippen LogP contribution >= 0.6 is 0 Å². The number of sulfonamides is 1. The number of rotatable bonds is 6. The Morgan fingerprint density at radius 1 is 1.53 bits per heavy atom. The minimum absolute atomic E-state index is 0.172. The summed E-state index contributed by atoms with van der Waals surface area (Å²) >= 11 is 0. The van der Waals surface area contributed by atoms with Gasteiger partial charge in [-0.1, -0.05) is 6.92 Å². The molecule has 0 saturated heterocycles. The van der Waals surface area contributed by atoms with Crippen molar-refractivity contribution in [1.29, 1.82) is 0 Å². The van der Waals surface area contributed by atoms with E-state index in [4.69, 9.17) is 0 Å². The normalized spacial score (nSPS) is 11.9. The third-order valence-corrected chi connectivity index (χ3v) is 3.54. The standard InChI is InChI=1S/C8H16N4O2S/c1-3-6-15(13,14)10-5-4-8-11-9-7-12(8)2/h7,10H,3-6H2,1-2H3. The Hall–Kier alpha value is -0.950. The van der Waals surface area contributed by atoms with Crippen LogP contribution in [0.15, 0.2) is 6.33 Å². The maximum absolute atomic E-state index is 11.3. The zero-order valence-corrected chi connectivity index (χ0v) is 9.79. The van der Waals surface area contributed by atoms with E-state index < -0.39 is 10.0 Å². The molecule has 0 bridgehead atoms. The molecular weight excluding hydrogens is 216 g/mol. The van der Waals surface area contributed by atoms with Gasteiger partial charge in [-0.2, -0.15) is 0 Å². The Kier molecular flexibility index (Phi) is 4.22. The summed E-state index contributed by atoms with van der Waals surface area (Å²) in [6.45, 7) is 2.21. The van der Waals surface area contributed by atoms with Gasteiger partial charge in [0.25, 0.3) is 0 Å². The summed E-state index contributed by atoms with van der Waals surface area (Å²) in [5, 5.41) is 7.57. The van der Waals surface area contributed by atoms with Gasteiger partial charge in [-0.15, -0.1) is 10.2 Å². The lowest BCUT2D eigenvalue weighted by Crippen LogP contribution is -2.28. The van der Waals surface area contributed by atoms with Gasteiger partial charge in [0.2, 0.25) is 10.0 Å². The number of hydrogen-bond donors (Lipinski definition) is 1. The molecule has 6 nitrogen and oxygen atoms in total. The molecular formula is C8H16N4O2S. The Morgan fingerprint density at radius 3 is 2.80 bits per heavy atom. The second-order valence-electron chi connectivity index (χ2n) is 3.32. The van der Waals surface area contributed by atoms with E-state index in [1.165, 1.54) is 0 Å². The second kappa shape index (κ2) is 5.22. The molecule has 86 valence electrons. The highest BCUT2D eigenvalue weighted by molar-refractivity contribution is 7.89. The molecule has 15 heavy (non-hydrogen) atoms. The number of nitrogens with one attached hydrogen (secondary N) is 1. The molecule has 1 N–H and O–H groups in total. The van der Waals surface area contributed by atoms with E-state index in [1.54, 1.807) is 10.9 Å². The summed E-state index contributed by atoms with van der Waals surface area (Å²) in [4.78, 5) is 0. The second-order valence-corrected chi connectivity index (χ2v) is 5.25. The van der Waals surface area contributed by atoms with E-state index >= 15 is 0 Å². The van der Waals surface area contributed by atoms with Crippen LogP contribution in [0.25, 0.3) is 0 Å². The number of hydrogen-bond acceptors (Lipinski definition) is 4. The van der Waals surface area contributed by atoms with Crippen molar-refractivity contribution in [2.75, 3.05) is 12.3 Å². The van der Waals surface area contributed by atoms with Gasteiger partial charge in [-0.25, -0.2) is 13.1 Å². The molecule has 1 aromatic heterocycles. The van der Waals surface area contributed by atoms with Gasteiger partial charge in [-0.3, -0.25) is 0 Å². The van der Waals surface area contributed by atoms with Crippen molar-refractivity contribution >= 4 is 10.0 Å². The van der Waals surface area contributed by atoms with Crippen molar-refractivity contribution in [2.45, 2.75) is 19.8 Å². The Balaban J connectivity index is 2.37. The predicted molar refractivity (Wildman–Crippen MR) is 56.8 cm³/mol. The highest BCUT2D eigenvalue weighted by Crippen LogP contribution is 1.93. The van der Waals surface area contributed by atoms with Crippen molar-refractivity contribution in [3.63, 3.8) is 0 Å². The summed E-state index contributed by atoms with van der Waals surface area (Å²) in [6, 6.07) is 0. The van der Waals surface area contributed by atoms with Crippen molar-refractivity contribution in [3.05, 3.63) is 12.2 Å². The predicted octanol–water partition coefficient (Wildman–Crippen LogP) is -0.313. The zero-order valence-electron chi connectivity index (χ0n) is 8.97. The van der Waals surface area contributed by atoms with Crippen LogP contribution in [-0.2, 0) is 23.5 Å². The van der Waals surface area contributed by atoms with Crippen molar-refractivity contribution in [3.8, 4) is 0 Å². The number of aromatic nitrogens is 3. The molecule has 0 aromatic carbocycles. The van der Waals surface area contributed by atoms with Crippen LogP contribution in [0.2, 0.25) is 0 Å². The average molecular weight is 232 g/mol. The summed E-state index contributed by atoms with van der Waals surface area (Å²) in [5.74, 6) is 0.945. The molecule has 7 heteroatoms. The molecule has 0 saturated carbocycles. The van der Waals surface area contributed by atoms with Crippen LogP contribution in [0.5, 0.6) is 0 Å². The maximum Gasteiger partial charge on any atom is 0.211 e. The van der Waals surface area contributed by atoms with Crippen LogP contribution in [0.1, 0.15) is 19.2 Å². The fraction of sp³-hybridized carbons (Fsp3) is 0.750. The average Bonchev–Trinajstić information content (AvgIpc) is 2.51. The number of aryl methyl sites for hydroxylation is 1. The van der Waals surface area contributed by atoms with E-state index in [0.29, 0.717) is 19.4 Å². The minimum atomic E-state index is -3.11. The van der Waals surface area contributed by atoms with Crippen LogP contribution < -0.4 is 4.72 Å². The van der Waals surface area contributed by atoms with E-state index in [2.05, 4.69) is 14.9 Å². The summed E-state index contributed by atoms with van der Waals surface area (Å²) < 4.78 is 26.9. The van der Waals surface area contributed by atoms with Gasteiger partial charge in [0.1, 0.15) is 12.2 Å². The molecule has 0 spiro atoms. The molecule has 0 amide bonds. The first-order valence-corrected chi connectivity index (χ1v) is 6.50. The van der Waals surface area contributed by atoms with Crippen molar-refractivity contribution in [2.24, 2.45) is 7.05 Å². The zero-order chi connectivity index (χ0) is 11.3. The van der Waals surface area contributed by atoms with Crippen LogP contribution in [0.4, 0.5) is 0 Å². The lowest BCUT2D eigenvalue weighted by atomic mass is 10.4. The van der Waals surface area contributed by atoms with Crippen LogP contribution in [0.3, 0.4) is 0 Å². The van der Waals surface area contributed by atoms with Gasteiger partial charge in [-0.05, 0) is 6.42 Å². The van der Waals surface area contributed by atoms with Gasteiger partial charge in [0, 0.05) is 20.0 Å². The Bertz CT molecular complexity index is 399. The summed E-state index contributed by atoms with van der Waals surface area (Å²) in [6.07, 6.45) is 2.77. The quantitative estimate of drug-likeness (QED) is 0.729. The third-order valence-electron chi connectivity index (χ3n) is 1.95. The van der Waals surface area contributed by atoms with E-state index in [9.17, 15) is 8.42 Å².